The Hall–Kier alpha value is -1.18. The highest BCUT2D eigenvalue weighted by atomic mass is 35.5. The lowest BCUT2D eigenvalue weighted by molar-refractivity contribution is -0.114. The number of carbonyl (C=O) groups is 1. The average molecular weight is 431 g/mol. The molecule has 2 aromatic rings. The van der Waals surface area contributed by atoms with E-state index in [1.54, 1.807) is 0 Å². The van der Waals surface area contributed by atoms with Crippen LogP contribution in [0, 0.1) is 0 Å². The Morgan fingerprint density at radius 1 is 1.22 bits per heavy atom. The van der Waals surface area contributed by atoms with Gasteiger partial charge in [-0.25, -0.2) is 4.98 Å². The summed E-state index contributed by atoms with van der Waals surface area (Å²) in [5.41, 5.74) is 9.69. The third kappa shape index (κ3) is 7.76. The monoisotopic (exact) mass is 430 g/mol. The number of carbonyl (C=O) groups excluding carboxylic acids is 1. The number of anilines is 1. The lowest BCUT2D eigenvalue weighted by atomic mass is 10.0. The fourth-order valence-electron chi connectivity index (χ4n) is 3.13. The molecule has 1 fully saturated rings. The van der Waals surface area contributed by atoms with Gasteiger partial charge in [0.25, 0.3) is 0 Å². The molecule has 1 unspecified atom stereocenters. The predicted molar refractivity (Wildman–Crippen MR) is 118 cm³/mol. The minimum atomic E-state index is -0.0765. The summed E-state index contributed by atoms with van der Waals surface area (Å²) < 4.78 is 0. The zero-order valence-electron chi connectivity index (χ0n) is 15.5. The van der Waals surface area contributed by atoms with Gasteiger partial charge in [0.1, 0.15) is 0 Å². The Morgan fingerprint density at radius 2 is 1.89 bits per heavy atom. The highest BCUT2D eigenvalue weighted by molar-refractivity contribution is 7.13. The van der Waals surface area contributed by atoms with Gasteiger partial charge in [-0.05, 0) is 43.4 Å². The van der Waals surface area contributed by atoms with Crippen LogP contribution in [0.1, 0.15) is 30.2 Å². The smallest absolute Gasteiger partial charge is 0.223 e. The minimum Gasteiger partial charge on any atom is -0.326 e. The Morgan fingerprint density at radius 3 is 2.48 bits per heavy atom. The molecule has 1 aromatic carbocycles. The van der Waals surface area contributed by atoms with Crippen molar-refractivity contribution >= 4 is 47.2 Å². The number of likely N-dealkylation sites (tertiary alicyclic amines) is 1. The Kier molecular flexibility index (Phi) is 10.3. The molecule has 2 heterocycles. The maximum absolute atomic E-state index is 11.0. The summed E-state index contributed by atoms with van der Waals surface area (Å²) in [5, 5.41) is 5.42. The summed E-state index contributed by atoms with van der Waals surface area (Å²) in [6, 6.07) is 9.25. The van der Waals surface area contributed by atoms with Crippen LogP contribution in [0.5, 0.6) is 0 Å². The van der Waals surface area contributed by atoms with Gasteiger partial charge in [-0.3, -0.25) is 4.79 Å². The predicted octanol–water partition coefficient (Wildman–Crippen LogP) is 3.31. The fourth-order valence-corrected chi connectivity index (χ4v) is 3.92. The van der Waals surface area contributed by atoms with Crippen molar-refractivity contribution in [2.75, 3.05) is 25.0 Å². The van der Waals surface area contributed by atoms with Crippen molar-refractivity contribution in [3.05, 3.63) is 46.5 Å². The molecule has 0 bridgehead atoms. The van der Waals surface area contributed by atoms with Gasteiger partial charge in [-0.1, -0.05) is 24.3 Å². The molecule has 1 atom stereocenters. The quantitative estimate of drug-likeness (QED) is 0.706. The largest absolute Gasteiger partial charge is 0.326 e. The molecule has 0 saturated carbocycles. The second kappa shape index (κ2) is 11.6. The van der Waals surface area contributed by atoms with Crippen LogP contribution in [0.3, 0.4) is 0 Å². The molecule has 1 aliphatic rings. The maximum Gasteiger partial charge on any atom is 0.223 e. The second-order valence-corrected chi connectivity index (χ2v) is 7.60. The lowest BCUT2D eigenvalue weighted by Crippen LogP contribution is -2.28. The molecular formula is C19H28Cl2N4OS. The van der Waals surface area contributed by atoms with Crippen molar-refractivity contribution < 1.29 is 4.79 Å². The van der Waals surface area contributed by atoms with Crippen molar-refractivity contribution in [2.24, 2.45) is 5.73 Å². The molecule has 1 aromatic heterocycles. The van der Waals surface area contributed by atoms with Crippen molar-refractivity contribution in [2.45, 2.75) is 38.6 Å². The van der Waals surface area contributed by atoms with Crippen molar-refractivity contribution in [1.82, 2.24) is 9.88 Å². The fraction of sp³-hybridized carbons (Fsp3) is 0.474. The normalized spacial score (nSPS) is 16.4. The number of nitrogens with two attached hydrogens (primary N) is 1. The lowest BCUT2D eigenvalue weighted by Gasteiger charge is -2.14. The number of aromatic nitrogens is 1. The van der Waals surface area contributed by atoms with Gasteiger partial charge in [0, 0.05) is 31.4 Å². The van der Waals surface area contributed by atoms with Crippen molar-refractivity contribution in [3.63, 3.8) is 0 Å². The SMILES string of the molecule is CC(=O)Nc1nc(CCc2ccc(CCN3CCC(N)C3)cc2)cs1.Cl.Cl. The van der Waals surface area contributed by atoms with E-state index in [9.17, 15) is 4.79 Å². The first-order valence-corrected chi connectivity index (χ1v) is 9.74. The van der Waals surface area contributed by atoms with Gasteiger partial charge >= 0.3 is 0 Å². The zero-order valence-corrected chi connectivity index (χ0v) is 18.0. The van der Waals surface area contributed by atoms with E-state index in [-0.39, 0.29) is 30.7 Å². The summed E-state index contributed by atoms with van der Waals surface area (Å²) in [5.74, 6) is -0.0765. The number of rotatable bonds is 7. The molecule has 3 N–H and O–H groups in total. The second-order valence-electron chi connectivity index (χ2n) is 6.74. The Balaban J connectivity index is 0.00000182. The van der Waals surface area contributed by atoms with E-state index in [1.165, 1.54) is 29.4 Å². The van der Waals surface area contributed by atoms with Crippen LogP contribution < -0.4 is 11.1 Å². The van der Waals surface area contributed by atoms with Crippen LogP contribution in [0.2, 0.25) is 0 Å². The molecule has 150 valence electrons. The van der Waals surface area contributed by atoms with E-state index < -0.39 is 0 Å². The molecule has 1 aliphatic heterocycles. The first kappa shape index (κ1) is 23.9. The molecule has 1 amide bonds. The number of thiazole rings is 1. The van der Waals surface area contributed by atoms with Crippen molar-refractivity contribution in [1.29, 1.82) is 0 Å². The molecule has 0 radical (unpaired) electrons. The van der Waals surface area contributed by atoms with Crippen LogP contribution in [-0.4, -0.2) is 41.5 Å². The minimum absolute atomic E-state index is 0. The van der Waals surface area contributed by atoms with Gasteiger partial charge in [-0.15, -0.1) is 36.2 Å². The molecule has 1 saturated heterocycles. The highest BCUT2D eigenvalue weighted by Crippen LogP contribution is 2.17. The maximum atomic E-state index is 11.0. The number of hydrogen-bond acceptors (Lipinski definition) is 5. The molecule has 0 aliphatic carbocycles. The third-order valence-corrected chi connectivity index (χ3v) is 5.36. The van der Waals surface area contributed by atoms with Crippen LogP contribution >= 0.6 is 36.2 Å². The van der Waals surface area contributed by atoms with Gasteiger partial charge in [0.05, 0.1) is 5.69 Å². The van der Waals surface area contributed by atoms with Crippen LogP contribution in [-0.2, 0) is 24.1 Å². The first-order chi connectivity index (χ1) is 12.1. The number of halogens is 2. The summed E-state index contributed by atoms with van der Waals surface area (Å²) >= 11 is 1.48. The first-order valence-electron chi connectivity index (χ1n) is 8.86. The standard InChI is InChI=1S/C19H26N4OS.2ClH/c1-14(24)21-19-22-18(13-25-19)7-6-15-2-4-16(5-3-15)8-10-23-11-9-17(20)12-23;;/h2-5,13,17H,6-12,20H2,1H3,(H,21,22,24);2*1H. The van der Waals surface area contributed by atoms with Crippen molar-refractivity contribution in [3.8, 4) is 0 Å². The van der Waals surface area contributed by atoms with Gasteiger partial charge in [-0.2, -0.15) is 0 Å². The van der Waals surface area contributed by atoms with Crippen LogP contribution in [0.25, 0.3) is 0 Å². The number of nitrogens with one attached hydrogen (secondary N) is 1. The third-order valence-electron chi connectivity index (χ3n) is 4.55. The van der Waals surface area contributed by atoms with E-state index in [0.29, 0.717) is 11.2 Å². The van der Waals surface area contributed by atoms with Crippen LogP contribution in [0.4, 0.5) is 5.13 Å². The van der Waals surface area contributed by atoms with E-state index >= 15 is 0 Å². The van der Waals surface area contributed by atoms with Gasteiger partial charge < -0.3 is 16.0 Å². The average Bonchev–Trinajstić information content (AvgIpc) is 3.20. The number of benzene rings is 1. The molecular weight excluding hydrogens is 403 g/mol. The summed E-state index contributed by atoms with van der Waals surface area (Å²) in [6.07, 6.45) is 4.06. The number of hydrogen-bond donors (Lipinski definition) is 2. The van der Waals surface area contributed by atoms with E-state index in [1.807, 2.05) is 5.38 Å². The number of aryl methyl sites for hydroxylation is 2. The molecule has 8 heteroatoms. The Bertz CT molecular complexity index is 708. The molecule has 0 spiro atoms. The van der Waals surface area contributed by atoms with Gasteiger partial charge in [0.15, 0.2) is 5.13 Å². The zero-order chi connectivity index (χ0) is 17.6. The molecule has 5 nitrogen and oxygen atoms in total. The topological polar surface area (TPSA) is 71.2 Å². The molecule has 3 rings (SSSR count). The Labute approximate surface area is 177 Å². The number of nitrogens with zero attached hydrogens (tertiary/aromatic N) is 2. The highest BCUT2D eigenvalue weighted by Gasteiger charge is 2.18. The van der Waals surface area contributed by atoms with E-state index in [4.69, 9.17) is 5.73 Å². The summed E-state index contributed by atoms with van der Waals surface area (Å²) in [6.45, 7) is 4.76. The summed E-state index contributed by atoms with van der Waals surface area (Å²) in [4.78, 5) is 17.9. The van der Waals surface area contributed by atoms with E-state index in [2.05, 4.69) is 39.5 Å². The van der Waals surface area contributed by atoms with E-state index in [0.717, 1.165) is 51.0 Å². The number of amides is 1. The summed E-state index contributed by atoms with van der Waals surface area (Å²) in [7, 11) is 0. The van der Waals surface area contributed by atoms with Crippen LogP contribution in [0.15, 0.2) is 29.6 Å². The molecule has 27 heavy (non-hydrogen) atoms. The van der Waals surface area contributed by atoms with Gasteiger partial charge in [0.2, 0.25) is 5.91 Å².